The monoisotopic (exact) mass is 408 g/mol. The maximum atomic E-state index is 13.4. The Morgan fingerprint density at radius 2 is 1.83 bits per heavy atom. The van der Waals surface area contributed by atoms with Gasteiger partial charge in [-0.3, -0.25) is 4.79 Å². The number of amides is 1. The van der Waals surface area contributed by atoms with Gasteiger partial charge in [0.25, 0.3) is 0 Å². The van der Waals surface area contributed by atoms with Gasteiger partial charge in [0.2, 0.25) is 5.91 Å². The average molecular weight is 409 g/mol. The van der Waals surface area contributed by atoms with Gasteiger partial charge in [-0.25, -0.2) is 0 Å². The third kappa shape index (κ3) is 4.46. The van der Waals surface area contributed by atoms with Crippen molar-refractivity contribution < 1.29 is 14.3 Å². The molecular formula is C25H32N2O3. The zero-order valence-corrected chi connectivity index (χ0v) is 18.3. The molecule has 5 heteroatoms. The summed E-state index contributed by atoms with van der Waals surface area (Å²) in [6.07, 6.45) is 3.37. The molecule has 2 aromatic rings. The van der Waals surface area contributed by atoms with E-state index in [-0.39, 0.29) is 11.9 Å². The quantitative estimate of drug-likeness (QED) is 0.757. The fourth-order valence-electron chi connectivity index (χ4n) is 4.69. The number of anilines is 1. The van der Waals surface area contributed by atoms with Crippen molar-refractivity contribution in [1.82, 2.24) is 4.90 Å². The molecule has 0 radical (unpaired) electrons. The normalized spacial score (nSPS) is 19.3. The maximum Gasteiger partial charge on any atom is 0.227 e. The highest BCUT2D eigenvalue weighted by Crippen LogP contribution is 2.34. The Labute approximate surface area is 179 Å². The van der Waals surface area contributed by atoms with Gasteiger partial charge in [-0.2, -0.15) is 0 Å². The number of nitrogens with zero attached hydrogens (tertiary/aromatic N) is 2. The highest BCUT2D eigenvalue weighted by molar-refractivity contribution is 5.79. The Morgan fingerprint density at radius 1 is 1.10 bits per heavy atom. The molecule has 4 rings (SSSR count). The zero-order valence-electron chi connectivity index (χ0n) is 18.3. The lowest BCUT2D eigenvalue weighted by atomic mass is 9.82. The molecule has 1 amide bonds. The molecule has 2 aromatic carbocycles. The second-order valence-electron chi connectivity index (χ2n) is 8.62. The summed E-state index contributed by atoms with van der Waals surface area (Å²) in [5.41, 5.74) is 4.75. The van der Waals surface area contributed by atoms with Gasteiger partial charge in [0, 0.05) is 45.6 Å². The summed E-state index contributed by atoms with van der Waals surface area (Å²) in [5.74, 6) is 1.59. The Balaban J connectivity index is 1.56. The third-order valence-electron chi connectivity index (χ3n) is 6.52. The molecule has 2 heterocycles. The Bertz CT molecular complexity index is 872. The summed E-state index contributed by atoms with van der Waals surface area (Å²) in [6.45, 7) is 2.26. The van der Waals surface area contributed by atoms with Crippen molar-refractivity contribution in [3.05, 3.63) is 59.2 Å². The fourth-order valence-corrected chi connectivity index (χ4v) is 4.69. The van der Waals surface area contributed by atoms with Crippen LogP contribution in [0.1, 0.15) is 29.5 Å². The van der Waals surface area contributed by atoms with Gasteiger partial charge in [-0.1, -0.05) is 18.2 Å². The third-order valence-corrected chi connectivity index (χ3v) is 6.52. The first kappa shape index (κ1) is 20.7. The standard InChI is InChI=1S/C25H32N2O3/c1-26(2)22-7-4-18(5-8-22)14-25(28)27-17-20-6-9-23(29-3)15-21(20)16-24(27)19-10-12-30-13-11-19/h4-9,15,19,24H,10-14,16-17H2,1-3H3/t24-/m1/s1. The van der Waals surface area contributed by atoms with Gasteiger partial charge in [-0.05, 0) is 66.1 Å². The molecule has 1 fully saturated rings. The van der Waals surface area contributed by atoms with Crippen LogP contribution in [0.5, 0.6) is 5.75 Å². The van der Waals surface area contributed by atoms with E-state index < -0.39 is 0 Å². The molecule has 1 saturated heterocycles. The van der Waals surface area contributed by atoms with Gasteiger partial charge in [0.15, 0.2) is 0 Å². The predicted octanol–water partition coefficient (Wildman–Crippen LogP) is 3.68. The number of hydrogen-bond donors (Lipinski definition) is 0. The van der Waals surface area contributed by atoms with Gasteiger partial charge in [-0.15, -0.1) is 0 Å². The molecule has 0 unspecified atom stereocenters. The minimum Gasteiger partial charge on any atom is -0.497 e. The molecule has 0 bridgehead atoms. The molecule has 0 aliphatic carbocycles. The minimum absolute atomic E-state index is 0.213. The molecule has 5 nitrogen and oxygen atoms in total. The van der Waals surface area contributed by atoms with E-state index in [9.17, 15) is 4.79 Å². The molecule has 0 N–H and O–H groups in total. The van der Waals surface area contributed by atoms with Gasteiger partial charge < -0.3 is 19.3 Å². The molecule has 160 valence electrons. The number of hydrogen-bond acceptors (Lipinski definition) is 4. The second-order valence-corrected chi connectivity index (χ2v) is 8.62. The minimum atomic E-state index is 0.213. The van der Waals surface area contributed by atoms with Crippen LogP contribution in [0.2, 0.25) is 0 Å². The molecule has 0 aromatic heterocycles. The highest BCUT2D eigenvalue weighted by Gasteiger charge is 2.35. The first-order valence-electron chi connectivity index (χ1n) is 10.8. The van der Waals surface area contributed by atoms with Crippen LogP contribution in [0, 0.1) is 5.92 Å². The van der Waals surface area contributed by atoms with Crippen molar-refractivity contribution in [1.29, 1.82) is 0 Å². The molecule has 2 aliphatic rings. The van der Waals surface area contributed by atoms with E-state index in [4.69, 9.17) is 9.47 Å². The fraction of sp³-hybridized carbons (Fsp3) is 0.480. The van der Waals surface area contributed by atoms with Gasteiger partial charge >= 0.3 is 0 Å². The number of carbonyl (C=O) groups excluding carboxylic acids is 1. The van der Waals surface area contributed by atoms with Crippen LogP contribution in [0.3, 0.4) is 0 Å². The number of fused-ring (bicyclic) bond motifs is 1. The van der Waals surface area contributed by atoms with Crippen LogP contribution in [0.25, 0.3) is 0 Å². The van der Waals surface area contributed by atoms with Crippen molar-refractivity contribution in [3.63, 3.8) is 0 Å². The highest BCUT2D eigenvalue weighted by atomic mass is 16.5. The Hall–Kier alpha value is -2.53. The largest absolute Gasteiger partial charge is 0.497 e. The van der Waals surface area contributed by atoms with Crippen molar-refractivity contribution >= 4 is 11.6 Å². The first-order valence-corrected chi connectivity index (χ1v) is 10.8. The summed E-state index contributed by atoms with van der Waals surface area (Å²) in [7, 11) is 5.76. The molecular weight excluding hydrogens is 376 g/mol. The second kappa shape index (κ2) is 9.09. The lowest BCUT2D eigenvalue weighted by Crippen LogP contribution is -2.49. The van der Waals surface area contributed by atoms with E-state index in [0.717, 1.165) is 49.5 Å². The smallest absolute Gasteiger partial charge is 0.227 e. The summed E-state index contributed by atoms with van der Waals surface area (Å²) in [5, 5.41) is 0. The topological polar surface area (TPSA) is 42.0 Å². The van der Waals surface area contributed by atoms with Crippen LogP contribution >= 0.6 is 0 Å². The number of benzene rings is 2. The van der Waals surface area contributed by atoms with E-state index in [0.29, 0.717) is 18.9 Å². The van der Waals surface area contributed by atoms with E-state index in [1.165, 1.54) is 11.1 Å². The summed E-state index contributed by atoms with van der Waals surface area (Å²) in [4.78, 5) is 17.6. The van der Waals surface area contributed by atoms with Crippen LogP contribution in [0.15, 0.2) is 42.5 Å². The van der Waals surface area contributed by atoms with Crippen molar-refractivity contribution in [2.24, 2.45) is 5.92 Å². The van der Waals surface area contributed by atoms with Crippen molar-refractivity contribution in [2.75, 3.05) is 39.3 Å². The lowest BCUT2D eigenvalue weighted by Gasteiger charge is -2.42. The lowest BCUT2D eigenvalue weighted by molar-refractivity contribution is -0.136. The predicted molar refractivity (Wildman–Crippen MR) is 119 cm³/mol. The van der Waals surface area contributed by atoms with Crippen LogP contribution < -0.4 is 9.64 Å². The number of ether oxygens (including phenoxy) is 2. The molecule has 2 aliphatic heterocycles. The number of carbonyl (C=O) groups is 1. The summed E-state index contributed by atoms with van der Waals surface area (Å²) >= 11 is 0. The summed E-state index contributed by atoms with van der Waals surface area (Å²) < 4.78 is 11.0. The molecule has 0 saturated carbocycles. The van der Waals surface area contributed by atoms with Gasteiger partial charge in [0.1, 0.15) is 5.75 Å². The maximum absolute atomic E-state index is 13.4. The molecule has 1 atom stereocenters. The van der Waals surface area contributed by atoms with Gasteiger partial charge in [0.05, 0.1) is 13.5 Å². The van der Waals surface area contributed by atoms with E-state index in [2.05, 4.69) is 46.2 Å². The SMILES string of the molecule is COc1ccc2c(c1)C[C@H](C1CCOCC1)N(C(=O)Cc1ccc(N(C)C)cc1)C2. The Morgan fingerprint density at radius 3 is 2.50 bits per heavy atom. The first-order chi connectivity index (χ1) is 14.5. The average Bonchev–Trinajstić information content (AvgIpc) is 2.78. The number of rotatable bonds is 5. The molecule has 30 heavy (non-hydrogen) atoms. The van der Waals surface area contributed by atoms with E-state index in [1.54, 1.807) is 7.11 Å². The van der Waals surface area contributed by atoms with Crippen LogP contribution in [-0.4, -0.2) is 51.3 Å². The van der Waals surface area contributed by atoms with Crippen molar-refractivity contribution in [2.45, 2.75) is 38.3 Å². The molecule has 0 spiro atoms. The van der Waals surface area contributed by atoms with Crippen LogP contribution in [0.4, 0.5) is 5.69 Å². The van der Waals surface area contributed by atoms with E-state index in [1.807, 2.05) is 20.2 Å². The Kier molecular flexibility index (Phi) is 6.28. The van der Waals surface area contributed by atoms with Crippen molar-refractivity contribution in [3.8, 4) is 5.75 Å². The summed E-state index contributed by atoms with van der Waals surface area (Å²) in [6, 6.07) is 14.8. The van der Waals surface area contributed by atoms with E-state index >= 15 is 0 Å². The zero-order chi connectivity index (χ0) is 21.1. The van der Waals surface area contributed by atoms with Crippen LogP contribution in [-0.2, 0) is 28.9 Å². The number of methoxy groups -OCH3 is 1.